The topological polar surface area (TPSA) is 0 Å². The zero-order valence-corrected chi connectivity index (χ0v) is 9.73. The van der Waals surface area contributed by atoms with E-state index in [4.69, 9.17) is 0 Å². The van der Waals surface area contributed by atoms with E-state index in [-0.39, 0.29) is 7.43 Å². The van der Waals surface area contributed by atoms with Crippen LogP contribution < -0.4 is 0 Å². The molecule has 1 atom stereocenters. The highest BCUT2D eigenvalue weighted by Gasteiger charge is 2.37. The first-order valence-corrected chi connectivity index (χ1v) is 6.31. The highest BCUT2D eigenvalue weighted by Crippen LogP contribution is 2.50. The van der Waals surface area contributed by atoms with Gasteiger partial charge >= 0.3 is 0 Å². The lowest BCUT2D eigenvalue weighted by Gasteiger charge is -2.33. The summed E-state index contributed by atoms with van der Waals surface area (Å²) in [5.74, 6) is 1.04. The van der Waals surface area contributed by atoms with E-state index >= 15 is 0 Å². The third kappa shape index (κ3) is 3.29. The normalized spacial score (nSPS) is 28.9. The van der Waals surface area contributed by atoms with Gasteiger partial charge in [-0.25, -0.2) is 0 Å². The second-order valence-corrected chi connectivity index (χ2v) is 4.91. The molecule has 0 bridgehead atoms. The van der Waals surface area contributed by atoms with E-state index in [2.05, 4.69) is 6.92 Å². The van der Waals surface area contributed by atoms with Crippen LogP contribution in [0.15, 0.2) is 0 Å². The van der Waals surface area contributed by atoms with Gasteiger partial charge in [0.2, 0.25) is 0 Å². The Bertz CT molecular complexity index is 125. The molecular weight excluding hydrogens is 168 g/mol. The maximum Gasteiger partial charge on any atom is -0.0295 e. The molecule has 2 rings (SSSR count). The van der Waals surface area contributed by atoms with Crippen LogP contribution in [0.3, 0.4) is 0 Å². The molecule has 2 fully saturated rings. The van der Waals surface area contributed by atoms with Crippen molar-refractivity contribution in [1.82, 2.24) is 0 Å². The van der Waals surface area contributed by atoms with Crippen LogP contribution in [-0.2, 0) is 0 Å². The third-order valence-electron chi connectivity index (χ3n) is 3.86. The Kier molecular flexibility index (Phi) is 6.48. The van der Waals surface area contributed by atoms with Gasteiger partial charge in [0.1, 0.15) is 0 Å². The van der Waals surface area contributed by atoms with E-state index in [0.29, 0.717) is 0 Å². The molecule has 0 aromatic heterocycles. The van der Waals surface area contributed by atoms with Crippen LogP contribution in [-0.4, -0.2) is 0 Å². The molecule has 0 aromatic carbocycles. The van der Waals surface area contributed by atoms with Gasteiger partial charge < -0.3 is 0 Å². The molecule has 0 heterocycles. The van der Waals surface area contributed by atoms with Crippen molar-refractivity contribution >= 4 is 0 Å². The van der Waals surface area contributed by atoms with E-state index in [1.54, 1.807) is 25.7 Å². The van der Waals surface area contributed by atoms with Gasteiger partial charge in [-0.05, 0) is 37.0 Å². The third-order valence-corrected chi connectivity index (χ3v) is 3.86. The minimum Gasteiger partial charge on any atom is -0.0776 e. The van der Waals surface area contributed by atoms with Crippen molar-refractivity contribution in [2.45, 2.75) is 79.6 Å². The molecule has 2 aliphatic carbocycles. The summed E-state index contributed by atoms with van der Waals surface area (Å²) in [6.07, 6.45) is 12.3. The van der Waals surface area contributed by atoms with Crippen LogP contribution in [0.5, 0.6) is 0 Å². The van der Waals surface area contributed by atoms with E-state index < -0.39 is 0 Å². The summed E-state index contributed by atoms with van der Waals surface area (Å²) < 4.78 is 0. The van der Waals surface area contributed by atoms with Crippen LogP contribution in [0.1, 0.15) is 79.6 Å². The van der Waals surface area contributed by atoms with Crippen LogP contribution in [0, 0.1) is 11.3 Å². The highest BCUT2D eigenvalue weighted by atomic mass is 14.4. The van der Waals surface area contributed by atoms with Crippen molar-refractivity contribution < 1.29 is 0 Å². The van der Waals surface area contributed by atoms with Gasteiger partial charge in [-0.3, -0.25) is 0 Å². The largest absolute Gasteiger partial charge is 0.0776 e. The van der Waals surface area contributed by atoms with Gasteiger partial charge in [0.25, 0.3) is 0 Å². The zero-order valence-electron chi connectivity index (χ0n) is 9.73. The molecular formula is C14H30. The van der Waals surface area contributed by atoms with Gasteiger partial charge in [-0.2, -0.15) is 0 Å². The van der Waals surface area contributed by atoms with Crippen molar-refractivity contribution in [1.29, 1.82) is 0 Å². The SMILES string of the molecule is C.CC.CC1CCC2(CCCCC2)C1. The first kappa shape index (κ1) is 14.0. The van der Waals surface area contributed by atoms with Gasteiger partial charge in [-0.1, -0.05) is 53.9 Å². The molecule has 86 valence electrons. The van der Waals surface area contributed by atoms with Crippen molar-refractivity contribution in [2.24, 2.45) is 11.3 Å². The second kappa shape index (κ2) is 6.48. The molecule has 0 amide bonds. The molecule has 1 unspecified atom stereocenters. The molecule has 0 aliphatic heterocycles. The second-order valence-electron chi connectivity index (χ2n) is 4.91. The Balaban J connectivity index is 0.000000531. The van der Waals surface area contributed by atoms with Crippen LogP contribution >= 0.6 is 0 Å². The van der Waals surface area contributed by atoms with Crippen molar-refractivity contribution in [2.75, 3.05) is 0 Å². The number of hydrogen-bond acceptors (Lipinski definition) is 0. The monoisotopic (exact) mass is 198 g/mol. The predicted octanol–water partition coefficient (Wildman–Crippen LogP) is 5.42. The molecule has 14 heavy (non-hydrogen) atoms. The summed E-state index contributed by atoms with van der Waals surface area (Å²) >= 11 is 0. The standard InChI is InChI=1S/C11H20.C2H6.CH4/c1-10-5-8-11(9-10)6-3-2-4-7-11;1-2;/h10H,2-9H2,1H3;1-2H3;1H4. The maximum absolute atomic E-state index is 2.43. The fourth-order valence-corrected chi connectivity index (χ4v) is 3.25. The fraction of sp³-hybridized carbons (Fsp3) is 1.00. The Morgan fingerprint density at radius 1 is 0.929 bits per heavy atom. The maximum atomic E-state index is 2.43. The fourth-order valence-electron chi connectivity index (χ4n) is 3.25. The van der Waals surface area contributed by atoms with Crippen LogP contribution in [0.2, 0.25) is 0 Å². The minimum absolute atomic E-state index is 0. The van der Waals surface area contributed by atoms with Gasteiger partial charge in [0.05, 0.1) is 0 Å². The summed E-state index contributed by atoms with van der Waals surface area (Å²) in [6.45, 7) is 6.43. The van der Waals surface area contributed by atoms with Crippen LogP contribution in [0.4, 0.5) is 0 Å². The van der Waals surface area contributed by atoms with Gasteiger partial charge in [0.15, 0.2) is 0 Å². The Labute approximate surface area is 91.5 Å². The predicted molar refractivity (Wildman–Crippen MR) is 66.6 cm³/mol. The lowest BCUT2D eigenvalue weighted by atomic mass is 9.72. The van der Waals surface area contributed by atoms with Gasteiger partial charge in [0, 0.05) is 0 Å². The Hall–Kier alpha value is 0. The van der Waals surface area contributed by atoms with Crippen molar-refractivity contribution in [3.05, 3.63) is 0 Å². The average molecular weight is 198 g/mol. The first-order chi connectivity index (χ1) is 6.31. The Morgan fingerprint density at radius 2 is 1.50 bits per heavy atom. The highest BCUT2D eigenvalue weighted by molar-refractivity contribution is 4.89. The van der Waals surface area contributed by atoms with Crippen molar-refractivity contribution in [3.63, 3.8) is 0 Å². The van der Waals surface area contributed by atoms with Crippen molar-refractivity contribution in [3.8, 4) is 0 Å². The van der Waals surface area contributed by atoms with E-state index in [0.717, 1.165) is 11.3 Å². The molecule has 0 aromatic rings. The molecule has 0 N–H and O–H groups in total. The lowest BCUT2D eigenvalue weighted by Crippen LogP contribution is -2.20. The zero-order chi connectivity index (χ0) is 9.73. The minimum atomic E-state index is 0. The summed E-state index contributed by atoms with van der Waals surface area (Å²) in [4.78, 5) is 0. The van der Waals surface area contributed by atoms with E-state index in [9.17, 15) is 0 Å². The molecule has 0 heteroatoms. The van der Waals surface area contributed by atoms with E-state index in [1.165, 1.54) is 25.7 Å². The Morgan fingerprint density at radius 3 is 1.93 bits per heavy atom. The number of hydrogen-bond donors (Lipinski definition) is 0. The molecule has 0 saturated heterocycles. The average Bonchev–Trinajstić information content (AvgIpc) is 2.52. The summed E-state index contributed by atoms with van der Waals surface area (Å²) in [7, 11) is 0. The molecule has 0 radical (unpaired) electrons. The van der Waals surface area contributed by atoms with E-state index in [1.807, 2.05) is 13.8 Å². The number of rotatable bonds is 0. The molecule has 2 aliphatic rings. The summed E-state index contributed by atoms with van der Waals surface area (Å²) in [5.41, 5.74) is 0.845. The lowest BCUT2D eigenvalue weighted by molar-refractivity contribution is 0.191. The molecule has 0 nitrogen and oxygen atoms in total. The summed E-state index contributed by atoms with van der Waals surface area (Å²) in [5, 5.41) is 0. The van der Waals surface area contributed by atoms with Gasteiger partial charge in [-0.15, -0.1) is 0 Å². The molecule has 2 saturated carbocycles. The summed E-state index contributed by atoms with van der Waals surface area (Å²) in [6, 6.07) is 0. The smallest absolute Gasteiger partial charge is 0.0295 e. The quantitative estimate of drug-likeness (QED) is 0.487. The molecule has 1 spiro atoms. The van der Waals surface area contributed by atoms with Crippen LogP contribution in [0.25, 0.3) is 0 Å². The first-order valence-electron chi connectivity index (χ1n) is 6.31.